The topological polar surface area (TPSA) is 57.7 Å². The van der Waals surface area contributed by atoms with Crippen LogP contribution in [0.3, 0.4) is 0 Å². The highest BCUT2D eigenvalue weighted by Crippen LogP contribution is 2.37. The number of para-hydroxylation sites is 1. The van der Waals surface area contributed by atoms with E-state index >= 15 is 0 Å². The summed E-state index contributed by atoms with van der Waals surface area (Å²) in [5, 5.41) is 3.00. The van der Waals surface area contributed by atoms with Crippen molar-refractivity contribution in [3.8, 4) is 0 Å². The molecule has 7 heteroatoms. The summed E-state index contributed by atoms with van der Waals surface area (Å²) in [6, 6.07) is 19.2. The van der Waals surface area contributed by atoms with Gasteiger partial charge in [-0.15, -0.1) is 5.12 Å². The van der Waals surface area contributed by atoms with Crippen LogP contribution >= 0.6 is 0 Å². The molecule has 28 heavy (non-hydrogen) atoms. The number of halogens is 1. The van der Waals surface area contributed by atoms with Crippen LogP contribution in [-0.4, -0.2) is 23.3 Å². The molecule has 0 bridgehead atoms. The molecule has 2 heterocycles. The first-order valence-electron chi connectivity index (χ1n) is 8.59. The Bertz CT molecular complexity index is 1010. The van der Waals surface area contributed by atoms with Gasteiger partial charge in [-0.25, -0.2) is 14.2 Å². The van der Waals surface area contributed by atoms with Crippen LogP contribution in [0.15, 0.2) is 79.1 Å². The number of methoxy groups -OCH3 is 1. The molecule has 3 aromatic rings. The predicted octanol–water partition coefficient (Wildman–Crippen LogP) is 4.05. The molecule has 0 atom stereocenters. The molecule has 0 spiro atoms. The first kappa shape index (κ1) is 17.5. The van der Waals surface area contributed by atoms with Crippen LogP contribution in [0.1, 0.15) is 11.1 Å². The molecule has 1 aliphatic rings. The van der Waals surface area contributed by atoms with Gasteiger partial charge in [0.1, 0.15) is 5.82 Å². The van der Waals surface area contributed by atoms with Crippen molar-refractivity contribution in [3.63, 3.8) is 0 Å². The van der Waals surface area contributed by atoms with Crippen LogP contribution in [0.2, 0.25) is 0 Å². The minimum Gasteiger partial charge on any atom is -0.450 e. The van der Waals surface area contributed by atoms with Crippen LogP contribution in [-0.2, 0) is 4.74 Å². The Morgan fingerprint density at radius 1 is 0.964 bits per heavy atom. The van der Waals surface area contributed by atoms with Crippen molar-refractivity contribution in [1.29, 1.82) is 0 Å². The molecule has 4 rings (SSSR count). The van der Waals surface area contributed by atoms with Crippen LogP contribution in [0.25, 0.3) is 11.4 Å². The van der Waals surface area contributed by atoms with E-state index in [0.29, 0.717) is 11.4 Å². The van der Waals surface area contributed by atoms with Crippen molar-refractivity contribution >= 4 is 23.2 Å². The van der Waals surface area contributed by atoms with E-state index in [1.54, 1.807) is 29.5 Å². The Labute approximate surface area is 161 Å². The smallest absolute Gasteiger partial charge is 0.448 e. The number of pyridine rings is 1. The molecular weight excluding hydrogens is 359 g/mol. The van der Waals surface area contributed by atoms with Gasteiger partial charge in [-0.3, -0.25) is 10.4 Å². The minimum absolute atomic E-state index is 0.336. The molecule has 0 fully saturated rings. The van der Waals surface area contributed by atoms with Crippen LogP contribution < -0.4 is 10.4 Å². The number of rotatable bonds is 3. The van der Waals surface area contributed by atoms with E-state index in [-0.39, 0.29) is 5.82 Å². The van der Waals surface area contributed by atoms with Crippen LogP contribution in [0, 0.1) is 5.82 Å². The molecule has 140 valence electrons. The second-order valence-corrected chi connectivity index (χ2v) is 6.01. The van der Waals surface area contributed by atoms with Gasteiger partial charge >= 0.3 is 6.09 Å². The lowest BCUT2D eigenvalue weighted by Gasteiger charge is -2.29. The molecule has 1 N–H and O–H groups in total. The second-order valence-electron chi connectivity index (χ2n) is 6.01. The van der Waals surface area contributed by atoms with Gasteiger partial charge in [-0.1, -0.05) is 18.2 Å². The molecule has 0 unspecified atom stereocenters. The van der Waals surface area contributed by atoms with Crippen molar-refractivity contribution < 1.29 is 13.9 Å². The zero-order valence-electron chi connectivity index (χ0n) is 15.0. The van der Waals surface area contributed by atoms with Gasteiger partial charge in [-0.2, -0.15) is 0 Å². The first-order chi connectivity index (χ1) is 13.7. The van der Waals surface area contributed by atoms with E-state index < -0.39 is 6.09 Å². The number of hydrogen-bond acceptors (Lipinski definition) is 5. The van der Waals surface area contributed by atoms with Crippen LogP contribution in [0.5, 0.6) is 0 Å². The Morgan fingerprint density at radius 2 is 1.64 bits per heavy atom. The lowest BCUT2D eigenvalue weighted by molar-refractivity contribution is 0.116. The van der Waals surface area contributed by atoms with Gasteiger partial charge in [0.05, 0.1) is 24.2 Å². The van der Waals surface area contributed by atoms with Gasteiger partial charge in [0.25, 0.3) is 0 Å². The number of carbonyl (C=O) groups is 1. The average Bonchev–Trinajstić information content (AvgIpc) is 3.15. The summed E-state index contributed by atoms with van der Waals surface area (Å²) in [4.78, 5) is 16.6. The summed E-state index contributed by atoms with van der Waals surface area (Å²) >= 11 is 0. The highest BCUT2D eigenvalue weighted by atomic mass is 19.1. The number of ether oxygens (including phenoxy) is 1. The number of benzene rings is 2. The Hall–Kier alpha value is -3.87. The average molecular weight is 376 g/mol. The van der Waals surface area contributed by atoms with E-state index in [4.69, 9.17) is 4.74 Å². The highest BCUT2D eigenvalue weighted by Gasteiger charge is 2.36. The predicted molar refractivity (Wildman–Crippen MR) is 104 cm³/mol. The number of hydrazine groups is 2. The summed E-state index contributed by atoms with van der Waals surface area (Å²) in [5.41, 5.74) is 6.76. The van der Waals surface area contributed by atoms with E-state index in [0.717, 1.165) is 16.8 Å². The Kier molecular flexibility index (Phi) is 4.63. The fourth-order valence-corrected chi connectivity index (χ4v) is 3.04. The number of nitrogens with zero attached hydrogens (tertiary/aromatic N) is 3. The van der Waals surface area contributed by atoms with Crippen LogP contribution in [0.4, 0.5) is 14.9 Å². The number of carbonyl (C=O) groups excluding carboxylic acids is 1. The zero-order valence-corrected chi connectivity index (χ0v) is 15.0. The standard InChI is InChI=1S/C21H17FN4O2/c1-28-21(27)26-24-19(15-7-9-17(22)10-8-15)20(16-11-13-23-14-12-16)25(26)18-5-3-2-4-6-18/h2-14,24H,1H3. The monoisotopic (exact) mass is 376 g/mol. The van der Waals surface area contributed by atoms with E-state index in [1.165, 1.54) is 24.4 Å². The largest absolute Gasteiger partial charge is 0.450 e. The second kappa shape index (κ2) is 7.40. The molecule has 0 saturated heterocycles. The summed E-state index contributed by atoms with van der Waals surface area (Å²) in [7, 11) is 1.31. The lowest BCUT2D eigenvalue weighted by atomic mass is 10.1. The van der Waals surface area contributed by atoms with Gasteiger partial charge < -0.3 is 4.74 Å². The van der Waals surface area contributed by atoms with Crippen molar-refractivity contribution in [2.45, 2.75) is 0 Å². The normalized spacial score (nSPS) is 13.5. The number of amides is 1. The van der Waals surface area contributed by atoms with Gasteiger partial charge in [0.2, 0.25) is 0 Å². The van der Waals surface area contributed by atoms with E-state index in [9.17, 15) is 9.18 Å². The van der Waals surface area contributed by atoms with Crippen molar-refractivity contribution in [2.24, 2.45) is 0 Å². The van der Waals surface area contributed by atoms with Crippen molar-refractivity contribution in [1.82, 2.24) is 15.5 Å². The molecule has 2 aromatic carbocycles. The summed E-state index contributed by atoms with van der Waals surface area (Å²) < 4.78 is 18.4. The Morgan fingerprint density at radius 3 is 2.29 bits per heavy atom. The first-order valence-corrected chi connectivity index (χ1v) is 8.59. The third kappa shape index (κ3) is 3.14. The summed E-state index contributed by atoms with van der Waals surface area (Å²) in [5.74, 6) is -0.336. The maximum atomic E-state index is 13.5. The third-order valence-electron chi connectivity index (χ3n) is 4.30. The fraction of sp³-hybridized carbons (Fsp3) is 0.0476. The Balaban J connectivity index is 1.94. The molecule has 0 radical (unpaired) electrons. The molecule has 6 nitrogen and oxygen atoms in total. The molecule has 1 aliphatic heterocycles. The summed E-state index contributed by atoms with van der Waals surface area (Å²) in [6.07, 6.45) is 2.76. The maximum absolute atomic E-state index is 13.5. The molecule has 0 saturated carbocycles. The molecule has 1 amide bonds. The SMILES string of the molecule is COC(=O)N1NC(c2ccc(F)cc2)=C(c2ccncc2)N1c1ccccc1. The van der Waals surface area contributed by atoms with E-state index in [2.05, 4.69) is 10.4 Å². The lowest BCUT2D eigenvalue weighted by Crippen LogP contribution is -2.47. The number of aromatic nitrogens is 1. The minimum atomic E-state index is -0.590. The molecular formula is C21H17FN4O2. The quantitative estimate of drug-likeness (QED) is 0.747. The van der Waals surface area contributed by atoms with E-state index in [1.807, 2.05) is 42.5 Å². The molecule has 1 aromatic heterocycles. The number of nitrogens with one attached hydrogen (secondary N) is 1. The number of hydrogen-bond donors (Lipinski definition) is 1. The number of anilines is 1. The highest BCUT2D eigenvalue weighted by molar-refractivity contribution is 6.00. The van der Waals surface area contributed by atoms with Gasteiger partial charge in [0.15, 0.2) is 0 Å². The van der Waals surface area contributed by atoms with Crippen molar-refractivity contribution in [3.05, 3.63) is 96.1 Å². The fourth-order valence-electron chi connectivity index (χ4n) is 3.04. The van der Waals surface area contributed by atoms with Gasteiger partial charge in [-0.05, 0) is 48.5 Å². The molecule has 0 aliphatic carbocycles. The summed E-state index contributed by atoms with van der Waals surface area (Å²) in [6.45, 7) is 0. The zero-order chi connectivity index (χ0) is 19.5. The van der Waals surface area contributed by atoms with Gasteiger partial charge in [0, 0.05) is 23.5 Å². The maximum Gasteiger partial charge on any atom is 0.448 e. The van der Waals surface area contributed by atoms with Crippen molar-refractivity contribution in [2.75, 3.05) is 12.1 Å². The third-order valence-corrected chi connectivity index (χ3v) is 4.30.